The minimum absolute atomic E-state index is 0.135. The molecule has 5 nitrogen and oxygen atoms in total. The van der Waals surface area contributed by atoms with E-state index in [4.69, 9.17) is 18.6 Å². The summed E-state index contributed by atoms with van der Waals surface area (Å²) in [5.41, 5.74) is 1.32. The Kier molecular flexibility index (Phi) is 8.23. The Hall–Kier alpha value is -2.15. The predicted molar refractivity (Wildman–Crippen MR) is 121 cm³/mol. The molecular weight excluding hydrogens is 396 g/mol. The van der Waals surface area contributed by atoms with Gasteiger partial charge in [-0.3, -0.25) is 0 Å². The average molecular weight is 431 g/mol. The van der Waals surface area contributed by atoms with Crippen LogP contribution in [-0.2, 0) is 13.9 Å². The molecule has 0 aromatic heterocycles. The summed E-state index contributed by atoms with van der Waals surface area (Å²) in [6, 6.07) is 16.6. The first kappa shape index (κ1) is 24.1. The zero-order chi connectivity index (χ0) is 22.4. The summed E-state index contributed by atoms with van der Waals surface area (Å²) in [6.45, 7) is 13.6. The minimum Gasteiger partial charge on any atom is -0.465 e. The summed E-state index contributed by atoms with van der Waals surface area (Å²) in [6.07, 6.45) is -0.801. The highest BCUT2D eigenvalue weighted by molar-refractivity contribution is 6.74. The number of benzene rings is 2. The third-order valence-corrected chi connectivity index (χ3v) is 9.91. The van der Waals surface area contributed by atoms with Crippen molar-refractivity contribution in [1.29, 1.82) is 0 Å². The van der Waals surface area contributed by atoms with Gasteiger partial charge < -0.3 is 18.6 Å². The van der Waals surface area contributed by atoms with Crippen LogP contribution in [0.5, 0.6) is 5.75 Å². The third kappa shape index (κ3) is 6.69. The third-order valence-electron chi connectivity index (χ3n) is 5.41. The number of carbonyl (C=O) groups excluding carboxylic acids is 1. The lowest BCUT2D eigenvalue weighted by atomic mass is 10.2. The summed E-state index contributed by atoms with van der Waals surface area (Å²) in [4.78, 5) is 11.8. The number of esters is 1. The normalized spacial score (nSPS) is 14.1. The van der Waals surface area contributed by atoms with Gasteiger partial charge in [-0.05, 0) is 43.3 Å². The molecule has 2 atom stereocenters. The molecule has 0 heterocycles. The molecule has 164 valence electrons. The van der Waals surface area contributed by atoms with Crippen molar-refractivity contribution in [1.82, 2.24) is 0 Å². The van der Waals surface area contributed by atoms with E-state index in [0.717, 1.165) is 5.56 Å². The number of rotatable bonds is 9. The molecule has 0 saturated heterocycles. The number of ether oxygens (including phenoxy) is 3. The zero-order valence-electron chi connectivity index (χ0n) is 19.1. The molecule has 0 aliphatic carbocycles. The molecule has 0 fully saturated rings. The Balaban J connectivity index is 2.14. The van der Waals surface area contributed by atoms with Gasteiger partial charge in [-0.1, -0.05) is 57.2 Å². The summed E-state index contributed by atoms with van der Waals surface area (Å²) >= 11 is 0. The second-order valence-corrected chi connectivity index (χ2v) is 13.7. The first-order valence-electron chi connectivity index (χ1n) is 10.2. The van der Waals surface area contributed by atoms with Crippen LogP contribution in [0, 0.1) is 0 Å². The highest BCUT2D eigenvalue weighted by atomic mass is 28.4. The molecule has 0 bridgehead atoms. The molecule has 30 heavy (non-hydrogen) atoms. The maximum Gasteiger partial charge on any atom is 0.337 e. The van der Waals surface area contributed by atoms with Crippen LogP contribution in [0.1, 0.15) is 49.9 Å². The molecular formula is C24H34O5Si. The lowest BCUT2D eigenvalue weighted by Crippen LogP contribution is -2.42. The SMILES string of the molecule is COC(=O)c1cccc(OC(O[C@@H](C)CO[Si](C)(C)C(C)(C)C)c2ccccc2)c1. The van der Waals surface area contributed by atoms with E-state index >= 15 is 0 Å². The van der Waals surface area contributed by atoms with E-state index in [1.165, 1.54) is 7.11 Å². The van der Waals surface area contributed by atoms with Gasteiger partial charge in [0, 0.05) is 5.56 Å². The lowest BCUT2D eigenvalue weighted by molar-refractivity contribution is -0.127. The van der Waals surface area contributed by atoms with Crippen LogP contribution in [0.2, 0.25) is 18.1 Å². The van der Waals surface area contributed by atoms with E-state index < -0.39 is 20.6 Å². The van der Waals surface area contributed by atoms with Crippen molar-refractivity contribution < 1.29 is 23.4 Å². The molecule has 1 unspecified atom stereocenters. The fourth-order valence-corrected chi connectivity index (χ4v) is 3.60. The van der Waals surface area contributed by atoms with Gasteiger partial charge in [0.15, 0.2) is 8.32 Å². The maximum absolute atomic E-state index is 11.8. The van der Waals surface area contributed by atoms with Crippen LogP contribution in [0.25, 0.3) is 0 Å². The van der Waals surface area contributed by atoms with Crippen molar-refractivity contribution in [2.75, 3.05) is 13.7 Å². The molecule has 2 rings (SSSR count). The molecule has 0 amide bonds. The van der Waals surface area contributed by atoms with Gasteiger partial charge in [-0.2, -0.15) is 0 Å². The van der Waals surface area contributed by atoms with Crippen molar-refractivity contribution in [3.05, 3.63) is 65.7 Å². The number of methoxy groups -OCH3 is 1. The van der Waals surface area contributed by atoms with Crippen LogP contribution in [0.4, 0.5) is 0 Å². The zero-order valence-corrected chi connectivity index (χ0v) is 20.1. The molecule has 6 heteroatoms. The van der Waals surface area contributed by atoms with Crippen molar-refractivity contribution in [2.45, 2.75) is 58.2 Å². The first-order valence-corrected chi connectivity index (χ1v) is 13.1. The summed E-state index contributed by atoms with van der Waals surface area (Å²) in [5, 5.41) is 0.135. The molecule has 0 saturated carbocycles. The van der Waals surface area contributed by atoms with Crippen molar-refractivity contribution in [3.8, 4) is 5.75 Å². The number of carbonyl (C=O) groups is 1. The Morgan fingerprint density at radius 2 is 1.70 bits per heavy atom. The van der Waals surface area contributed by atoms with E-state index in [1.54, 1.807) is 24.3 Å². The fourth-order valence-electron chi connectivity index (χ4n) is 2.51. The van der Waals surface area contributed by atoms with Gasteiger partial charge in [0.05, 0.1) is 25.4 Å². The van der Waals surface area contributed by atoms with Crippen LogP contribution in [-0.4, -0.2) is 34.1 Å². The van der Waals surface area contributed by atoms with Crippen LogP contribution in [0.3, 0.4) is 0 Å². The van der Waals surface area contributed by atoms with Crippen molar-refractivity contribution in [3.63, 3.8) is 0 Å². The monoisotopic (exact) mass is 430 g/mol. The molecule has 0 spiro atoms. The largest absolute Gasteiger partial charge is 0.465 e. The molecule has 0 aliphatic heterocycles. The summed E-state index contributed by atoms with van der Waals surface area (Å²) in [7, 11) is -0.512. The van der Waals surface area contributed by atoms with E-state index in [-0.39, 0.29) is 11.1 Å². The Morgan fingerprint density at radius 1 is 1.03 bits per heavy atom. The molecule has 2 aromatic carbocycles. The topological polar surface area (TPSA) is 54.0 Å². The summed E-state index contributed by atoms with van der Waals surface area (Å²) < 4.78 is 23.5. The fraction of sp³-hybridized carbons (Fsp3) is 0.458. The highest BCUT2D eigenvalue weighted by Crippen LogP contribution is 2.36. The number of hydrogen-bond donors (Lipinski definition) is 0. The van der Waals surface area contributed by atoms with Gasteiger partial charge in [-0.15, -0.1) is 0 Å². The van der Waals surface area contributed by atoms with E-state index in [9.17, 15) is 4.79 Å². The highest BCUT2D eigenvalue weighted by Gasteiger charge is 2.37. The van der Waals surface area contributed by atoms with Crippen molar-refractivity contribution >= 4 is 14.3 Å². The Labute approximate surface area is 181 Å². The van der Waals surface area contributed by atoms with Gasteiger partial charge >= 0.3 is 5.97 Å². The van der Waals surface area contributed by atoms with E-state index in [1.807, 2.05) is 37.3 Å². The molecule has 2 aromatic rings. The van der Waals surface area contributed by atoms with Gasteiger partial charge in [0.1, 0.15) is 5.75 Å². The van der Waals surface area contributed by atoms with Crippen LogP contribution in [0.15, 0.2) is 54.6 Å². The van der Waals surface area contributed by atoms with Gasteiger partial charge in [0.2, 0.25) is 6.29 Å². The average Bonchev–Trinajstić information content (AvgIpc) is 2.71. The lowest BCUT2D eigenvalue weighted by Gasteiger charge is -2.37. The maximum atomic E-state index is 11.8. The number of hydrogen-bond acceptors (Lipinski definition) is 5. The summed E-state index contributed by atoms with van der Waals surface area (Å²) in [5.74, 6) is 0.123. The van der Waals surface area contributed by atoms with Gasteiger partial charge in [-0.25, -0.2) is 4.79 Å². The van der Waals surface area contributed by atoms with Gasteiger partial charge in [0.25, 0.3) is 0 Å². The second kappa shape index (κ2) is 10.2. The van der Waals surface area contributed by atoms with Crippen molar-refractivity contribution in [2.24, 2.45) is 0 Å². The Morgan fingerprint density at radius 3 is 2.30 bits per heavy atom. The van der Waals surface area contributed by atoms with Crippen LogP contribution >= 0.6 is 0 Å². The predicted octanol–water partition coefficient (Wildman–Crippen LogP) is 5.98. The van der Waals surface area contributed by atoms with Crippen LogP contribution < -0.4 is 4.74 Å². The first-order chi connectivity index (χ1) is 14.0. The van der Waals surface area contributed by atoms with E-state index in [2.05, 4.69) is 33.9 Å². The quantitative estimate of drug-likeness (QED) is 0.278. The minimum atomic E-state index is -1.87. The molecule has 0 N–H and O–H groups in total. The second-order valence-electron chi connectivity index (χ2n) is 8.90. The van der Waals surface area contributed by atoms with E-state index in [0.29, 0.717) is 17.9 Å². The Bertz CT molecular complexity index is 814. The smallest absolute Gasteiger partial charge is 0.337 e. The molecule has 0 aliphatic rings. The standard InChI is InChI=1S/C24H34O5Si/c1-18(17-27-30(6,7)24(2,3)4)28-23(19-12-9-8-10-13-19)29-21-15-11-14-20(16-21)22(25)26-5/h8-16,18,23H,17H2,1-7H3/t18-,23?/m0/s1. The molecule has 0 radical (unpaired) electrons.